The molecule has 1 saturated heterocycles. The van der Waals surface area contributed by atoms with Crippen LogP contribution in [0.4, 0.5) is 0 Å². The lowest BCUT2D eigenvalue weighted by molar-refractivity contribution is -0.140. The van der Waals surface area contributed by atoms with Crippen molar-refractivity contribution in [1.82, 2.24) is 4.90 Å². The number of carbonyl (C=O) groups is 2. The number of hydrogen-bond acceptors (Lipinski definition) is 6. The van der Waals surface area contributed by atoms with Gasteiger partial charge in [0.25, 0.3) is 11.7 Å². The summed E-state index contributed by atoms with van der Waals surface area (Å²) in [6, 6.07) is 23.5. The zero-order valence-electron chi connectivity index (χ0n) is 20.1. The van der Waals surface area contributed by atoms with Gasteiger partial charge >= 0.3 is 0 Å². The minimum Gasteiger partial charge on any atom is -0.508 e. The summed E-state index contributed by atoms with van der Waals surface area (Å²) in [5.41, 5.74) is 3.10. The standard InChI is InChI=1S/C30H25NO6/c1-19-4-2-5-20(16-19)18-37-24-13-9-22(10-14-24)28(33)26-27(21-7-11-23(32)12-8-21)31(30(35)29(26)34)17-25-6-3-15-36-25/h2-16,27,32-33H,17-18H2,1H3/b28-26+/t27-/m0/s1. The second-order valence-corrected chi connectivity index (χ2v) is 8.90. The van der Waals surface area contributed by atoms with E-state index in [9.17, 15) is 19.8 Å². The number of aromatic hydroxyl groups is 1. The van der Waals surface area contributed by atoms with Gasteiger partial charge in [0.05, 0.1) is 24.4 Å². The summed E-state index contributed by atoms with van der Waals surface area (Å²) in [6.07, 6.45) is 1.49. The number of amides is 1. The maximum atomic E-state index is 13.1. The van der Waals surface area contributed by atoms with Gasteiger partial charge < -0.3 is 24.3 Å². The number of aryl methyl sites for hydroxylation is 1. The van der Waals surface area contributed by atoms with E-state index in [-0.39, 0.29) is 23.6 Å². The number of ketones is 1. The minimum absolute atomic E-state index is 0.0318. The third-order valence-electron chi connectivity index (χ3n) is 6.27. The van der Waals surface area contributed by atoms with Crippen molar-refractivity contribution in [2.75, 3.05) is 0 Å². The number of rotatable bonds is 7. The van der Waals surface area contributed by atoms with E-state index < -0.39 is 17.7 Å². The summed E-state index contributed by atoms with van der Waals surface area (Å²) < 4.78 is 11.3. The molecule has 0 aliphatic carbocycles. The van der Waals surface area contributed by atoms with Crippen LogP contribution in [0.15, 0.2) is 101 Å². The van der Waals surface area contributed by atoms with Gasteiger partial charge in [-0.1, -0.05) is 42.0 Å². The van der Waals surface area contributed by atoms with Gasteiger partial charge in [-0.3, -0.25) is 9.59 Å². The number of aliphatic hydroxyl groups excluding tert-OH is 1. The van der Waals surface area contributed by atoms with Crippen molar-refractivity contribution < 1.29 is 29.0 Å². The molecule has 4 aromatic rings. The van der Waals surface area contributed by atoms with Crippen molar-refractivity contribution in [3.05, 3.63) is 125 Å². The van der Waals surface area contributed by atoms with E-state index in [1.807, 2.05) is 31.2 Å². The van der Waals surface area contributed by atoms with Crippen molar-refractivity contribution in [3.63, 3.8) is 0 Å². The molecule has 3 aromatic carbocycles. The van der Waals surface area contributed by atoms with Crippen molar-refractivity contribution in [2.45, 2.75) is 26.1 Å². The Morgan fingerprint density at radius 1 is 0.973 bits per heavy atom. The fourth-order valence-electron chi connectivity index (χ4n) is 4.45. The fraction of sp³-hybridized carbons (Fsp3) is 0.133. The Bertz CT molecular complexity index is 1450. The molecule has 0 saturated carbocycles. The number of phenols is 1. The molecule has 7 nitrogen and oxygen atoms in total. The average molecular weight is 496 g/mol. The molecule has 1 atom stereocenters. The molecule has 7 heteroatoms. The highest BCUT2D eigenvalue weighted by Crippen LogP contribution is 2.40. The van der Waals surface area contributed by atoms with Crippen LogP contribution >= 0.6 is 0 Å². The van der Waals surface area contributed by atoms with Crippen LogP contribution in [0.3, 0.4) is 0 Å². The monoisotopic (exact) mass is 495 g/mol. The molecule has 0 unspecified atom stereocenters. The molecule has 1 fully saturated rings. The molecular formula is C30H25NO6. The molecule has 2 N–H and O–H groups in total. The van der Waals surface area contributed by atoms with Crippen LogP contribution in [0.2, 0.25) is 0 Å². The molecule has 186 valence electrons. The van der Waals surface area contributed by atoms with E-state index >= 15 is 0 Å². The molecule has 5 rings (SSSR count). The highest BCUT2D eigenvalue weighted by molar-refractivity contribution is 6.46. The molecule has 0 radical (unpaired) electrons. The van der Waals surface area contributed by atoms with Crippen LogP contribution in [0.25, 0.3) is 5.76 Å². The Morgan fingerprint density at radius 3 is 2.41 bits per heavy atom. The molecule has 0 spiro atoms. The van der Waals surface area contributed by atoms with E-state index in [0.717, 1.165) is 11.1 Å². The zero-order valence-corrected chi connectivity index (χ0v) is 20.1. The Morgan fingerprint density at radius 2 is 1.73 bits per heavy atom. The van der Waals surface area contributed by atoms with Gasteiger partial charge in [0.1, 0.15) is 29.6 Å². The van der Waals surface area contributed by atoms with E-state index in [2.05, 4.69) is 0 Å². The lowest BCUT2D eigenvalue weighted by Gasteiger charge is -2.24. The third-order valence-corrected chi connectivity index (χ3v) is 6.27. The van der Waals surface area contributed by atoms with Gasteiger partial charge in [-0.25, -0.2) is 0 Å². The Balaban J connectivity index is 1.46. The third kappa shape index (κ3) is 4.97. The van der Waals surface area contributed by atoms with Gasteiger partial charge in [0, 0.05) is 5.56 Å². The van der Waals surface area contributed by atoms with E-state index in [4.69, 9.17) is 9.15 Å². The number of ether oxygens (including phenoxy) is 1. The van der Waals surface area contributed by atoms with Crippen molar-refractivity contribution >= 4 is 17.4 Å². The Kier molecular flexibility index (Phi) is 6.51. The van der Waals surface area contributed by atoms with E-state index in [0.29, 0.717) is 29.2 Å². The Hall–Kier alpha value is -4.78. The van der Waals surface area contributed by atoms with Crippen LogP contribution in [0.5, 0.6) is 11.5 Å². The van der Waals surface area contributed by atoms with Gasteiger partial charge in [0.15, 0.2) is 0 Å². The molecule has 0 bridgehead atoms. The summed E-state index contributed by atoms with van der Waals surface area (Å²) in [5.74, 6) is -0.667. The maximum absolute atomic E-state index is 13.1. The summed E-state index contributed by atoms with van der Waals surface area (Å²) in [4.78, 5) is 27.6. The number of Topliss-reactive ketones (excluding diaryl/α,β-unsaturated/α-hetero) is 1. The molecule has 1 aromatic heterocycles. The predicted octanol–water partition coefficient (Wildman–Crippen LogP) is 5.49. The Labute approximate surface area is 213 Å². The molecule has 2 heterocycles. The first-order valence-corrected chi connectivity index (χ1v) is 11.8. The molecular weight excluding hydrogens is 470 g/mol. The van der Waals surface area contributed by atoms with Gasteiger partial charge in [-0.2, -0.15) is 0 Å². The van der Waals surface area contributed by atoms with E-state index in [1.165, 1.54) is 23.3 Å². The summed E-state index contributed by atoms with van der Waals surface area (Å²) in [5, 5.41) is 21.0. The average Bonchev–Trinajstić information content (AvgIpc) is 3.50. The number of likely N-dealkylation sites (tertiary alicyclic amines) is 1. The lowest BCUT2D eigenvalue weighted by atomic mass is 9.95. The molecule has 37 heavy (non-hydrogen) atoms. The van der Waals surface area contributed by atoms with Crippen LogP contribution in [0, 0.1) is 6.92 Å². The molecule has 1 aliphatic rings. The first kappa shape index (κ1) is 23.9. The second kappa shape index (κ2) is 10.1. The number of carbonyl (C=O) groups excluding carboxylic acids is 2. The van der Waals surface area contributed by atoms with Gasteiger partial charge in [-0.15, -0.1) is 0 Å². The molecule has 1 amide bonds. The first-order chi connectivity index (χ1) is 17.9. The van der Waals surface area contributed by atoms with Crippen LogP contribution < -0.4 is 4.74 Å². The number of nitrogens with zero attached hydrogens (tertiary/aromatic N) is 1. The maximum Gasteiger partial charge on any atom is 0.296 e. The van der Waals surface area contributed by atoms with Gasteiger partial charge in [-0.05, 0) is 66.6 Å². The highest BCUT2D eigenvalue weighted by atomic mass is 16.5. The summed E-state index contributed by atoms with van der Waals surface area (Å²) in [6.45, 7) is 2.46. The van der Waals surface area contributed by atoms with Crippen LogP contribution in [0.1, 0.15) is 34.1 Å². The van der Waals surface area contributed by atoms with Crippen molar-refractivity contribution in [3.8, 4) is 11.5 Å². The second-order valence-electron chi connectivity index (χ2n) is 8.90. The smallest absolute Gasteiger partial charge is 0.296 e. The number of benzene rings is 3. The first-order valence-electron chi connectivity index (χ1n) is 11.8. The van der Waals surface area contributed by atoms with Crippen LogP contribution in [-0.4, -0.2) is 26.8 Å². The number of aliphatic hydroxyl groups is 1. The largest absolute Gasteiger partial charge is 0.508 e. The SMILES string of the molecule is Cc1cccc(COc2ccc(/C(O)=C3\C(=O)C(=O)N(Cc4ccco4)[C@H]3c3ccc(O)cc3)cc2)c1. The quantitative estimate of drug-likeness (QED) is 0.200. The summed E-state index contributed by atoms with van der Waals surface area (Å²) in [7, 11) is 0. The van der Waals surface area contributed by atoms with Crippen molar-refractivity contribution in [2.24, 2.45) is 0 Å². The van der Waals surface area contributed by atoms with E-state index in [1.54, 1.807) is 48.5 Å². The fourth-order valence-corrected chi connectivity index (χ4v) is 4.45. The summed E-state index contributed by atoms with van der Waals surface area (Å²) >= 11 is 0. The molecule has 1 aliphatic heterocycles. The lowest BCUT2D eigenvalue weighted by Crippen LogP contribution is -2.29. The minimum atomic E-state index is -0.858. The normalized spacial score (nSPS) is 16.8. The number of furan rings is 1. The zero-order chi connectivity index (χ0) is 25.9. The van der Waals surface area contributed by atoms with Gasteiger partial charge in [0.2, 0.25) is 0 Å². The highest BCUT2D eigenvalue weighted by Gasteiger charge is 2.46. The van der Waals surface area contributed by atoms with Crippen LogP contribution in [-0.2, 0) is 22.7 Å². The number of phenolic OH excluding ortho intramolecular Hbond substituents is 1. The van der Waals surface area contributed by atoms with Crippen molar-refractivity contribution in [1.29, 1.82) is 0 Å². The topological polar surface area (TPSA) is 100 Å². The number of hydrogen-bond donors (Lipinski definition) is 2. The predicted molar refractivity (Wildman–Crippen MR) is 137 cm³/mol.